The SMILES string of the molecule is Cc1cccc(C)c1NC(=O)CC(=O)NC(C)(C)C. The molecule has 19 heavy (non-hydrogen) atoms. The molecule has 0 radical (unpaired) electrons. The highest BCUT2D eigenvalue weighted by Gasteiger charge is 2.17. The van der Waals surface area contributed by atoms with Gasteiger partial charge in [0, 0.05) is 11.2 Å². The number of hydrogen-bond acceptors (Lipinski definition) is 2. The first-order chi connectivity index (χ1) is 8.69. The molecule has 4 heteroatoms. The van der Waals surface area contributed by atoms with E-state index in [0.717, 1.165) is 16.8 Å². The summed E-state index contributed by atoms with van der Waals surface area (Å²) in [6, 6.07) is 5.79. The van der Waals surface area contributed by atoms with Gasteiger partial charge in [-0.3, -0.25) is 9.59 Å². The van der Waals surface area contributed by atoms with Crippen molar-refractivity contribution in [3.05, 3.63) is 29.3 Å². The molecule has 0 saturated carbocycles. The van der Waals surface area contributed by atoms with Crippen LogP contribution in [0.5, 0.6) is 0 Å². The minimum absolute atomic E-state index is 0.162. The summed E-state index contributed by atoms with van der Waals surface area (Å²) >= 11 is 0. The van der Waals surface area contributed by atoms with Crippen LogP contribution in [-0.4, -0.2) is 17.4 Å². The van der Waals surface area contributed by atoms with E-state index in [-0.39, 0.29) is 23.8 Å². The Labute approximate surface area is 114 Å². The number of benzene rings is 1. The molecule has 0 atom stereocenters. The molecular formula is C15H22N2O2. The molecule has 0 heterocycles. The molecule has 0 spiro atoms. The Bertz CT molecular complexity index is 467. The van der Waals surface area contributed by atoms with Gasteiger partial charge in [-0.05, 0) is 45.7 Å². The van der Waals surface area contributed by atoms with Crippen molar-refractivity contribution in [2.75, 3.05) is 5.32 Å². The van der Waals surface area contributed by atoms with Crippen LogP contribution in [0.4, 0.5) is 5.69 Å². The van der Waals surface area contributed by atoms with E-state index in [1.165, 1.54) is 0 Å². The smallest absolute Gasteiger partial charge is 0.233 e. The highest BCUT2D eigenvalue weighted by Crippen LogP contribution is 2.19. The third kappa shape index (κ3) is 5.12. The molecule has 0 unspecified atom stereocenters. The van der Waals surface area contributed by atoms with Crippen LogP contribution in [-0.2, 0) is 9.59 Å². The van der Waals surface area contributed by atoms with Gasteiger partial charge >= 0.3 is 0 Å². The quantitative estimate of drug-likeness (QED) is 0.822. The summed E-state index contributed by atoms with van der Waals surface area (Å²) in [7, 11) is 0. The van der Waals surface area contributed by atoms with Crippen molar-refractivity contribution in [2.45, 2.75) is 46.6 Å². The van der Waals surface area contributed by atoms with Gasteiger partial charge in [-0.25, -0.2) is 0 Å². The lowest BCUT2D eigenvalue weighted by Gasteiger charge is -2.20. The highest BCUT2D eigenvalue weighted by atomic mass is 16.2. The van der Waals surface area contributed by atoms with Crippen molar-refractivity contribution in [1.29, 1.82) is 0 Å². The van der Waals surface area contributed by atoms with Gasteiger partial charge in [-0.2, -0.15) is 0 Å². The minimum atomic E-state index is -0.323. The Kier molecular flexibility index (Phi) is 4.70. The summed E-state index contributed by atoms with van der Waals surface area (Å²) in [6.07, 6.45) is -0.162. The third-order valence-corrected chi connectivity index (χ3v) is 2.58. The van der Waals surface area contributed by atoms with Crippen molar-refractivity contribution in [3.8, 4) is 0 Å². The van der Waals surface area contributed by atoms with E-state index < -0.39 is 0 Å². The van der Waals surface area contributed by atoms with E-state index in [0.29, 0.717) is 0 Å². The van der Waals surface area contributed by atoms with Crippen LogP contribution in [0.1, 0.15) is 38.3 Å². The Morgan fingerprint density at radius 2 is 1.58 bits per heavy atom. The fraction of sp³-hybridized carbons (Fsp3) is 0.467. The van der Waals surface area contributed by atoms with Crippen molar-refractivity contribution in [3.63, 3.8) is 0 Å². The fourth-order valence-electron chi connectivity index (χ4n) is 1.80. The number of amides is 2. The predicted octanol–water partition coefficient (Wildman–Crippen LogP) is 2.55. The standard InChI is InChI=1S/C15H22N2O2/c1-10-7-6-8-11(2)14(10)16-12(18)9-13(19)17-15(3,4)5/h6-8H,9H2,1-5H3,(H,16,18)(H,17,19). The molecule has 0 fully saturated rings. The first-order valence-electron chi connectivity index (χ1n) is 6.36. The molecule has 2 amide bonds. The van der Waals surface area contributed by atoms with E-state index in [2.05, 4.69) is 10.6 Å². The highest BCUT2D eigenvalue weighted by molar-refractivity contribution is 6.04. The Morgan fingerprint density at radius 1 is 1.05 bits per heavy atom. The molecule has 0 aliphatic carbocycles. The summed E-state index contributed by atoms with van der Waals surface area (Å²) in [5.74, 6) is -0.560. The zero-order chi connectivity index (χ0) is 14.6. The molecule has 2 N–H and O–H groups in total. The van der Waals surface area contributed by atoms with Gasteiger partial charge < -0.3 is 10.6 Å². The van der Waals surface area contributed by atoms with Crippen LogP contribution in [0.25, 0.3) is 0 Å². The molecule has 0 aliphatic rings. The number of hydrogen-bond donors (Lipinski definition) is 2. The van der Waals surface area contributed by atoms with Gasteiger partial charge in [-0.15, -0.1) is 0 Å². The second kappa shape index (κ2) is 5.87. The largest absolute Gasteiger partial charge is 0.351 e. The molecule has 1 rings (SSSR count). The molecule has 1 aromatic rings. The van der Waals surface area contributed by atoms with Gasteiger partial charge in [0.1, 0.15) is 6.42 Å². The van der Waals surface area contributed by atoms with Gasteiger partial charge in [0.2, 0.25) is 11.8 Å². The van der Waals surface area contributed by atoms with E-state index in [1.807, 2.05) is 52.8 Å². The molecular weight excluding hydrogens is 240 g/mol. The zero-order valence-corrected chi connectivity index (χ0v) is 12.3. The number of anilines is 1. The van der Waals surface area contributed by atoms with Crippen LogP contribution in [0.2, 0.25) is 0 Å². The maximum atomic E-state index is 11.8. The lowest BCUT2D eigenvalue weighted by atomic mass is 10.1. The van der Waals surface area contributed by atoms with Gasteiger partial charge in [0.25, 0.3) is 0 Å². The third-order valence-electron chi connectivity index (χ3n) is 2.58. The predicted molar refractivity (Wildman–Crippen MR) is 77.1 cm³/mol. The topological polar surface area (TPSA) is 58.2 Å². The summed E-state index contributed by atoms with van der Waals surface area (Å²) < 4.78 is 0. The number of nitrogens with one attached hydrogen (secondary N) is 2. The van der Waals surface area contributed by atoms with Gasteiger partial charge in [0.05, 0.1) is 0 Å². The second-order valence-electron chi connectivity index (χ2n) is 5.79. The number of aryl methyl sites for hydroxylation is 2. The Balaban J connectivity index is 2.64. The van der Waals surface area contributed by atoms with Crippen LogP contribution >= 0.6 is 0 Å². The maximum absolute atomic E-state index is 11.8. The lowest BCUT2D eigenvalue weighted by molar-refractivity contribution is -0.127. The Morgan fingerprint density at radius 3 is 2.05 bits per heavy atom. The maximum Gasteiger partial charge on any atom is 0.233 e. The molecule has 0 bridgehead atoms. The molecule has 4 nitrogen and oxygen atoms in total. The minimum Gasteiger partial charge on any atom is -0.351 e. The molecule has 1 aromatic carbocycles. The molecule has 0 aliphatic heterocycles. The lowest BCUT2D eigenvalue weighted by Crippen LogP contribution is -2.41. The summed E-state index contributed by atoms with van der Waals surface area (Å²) in [5, 5.41) is 5.56. The molecule has 104 valence electrons. The molecule has 0 saturated heterocycles. The summed E-state index contributed by atoms with van der Waals surface area (Å²) in [5.41, 5.74) is 2.45. The van der Waals surface area contributed by atoms with Crippen LogP contribution in [0, 0.1) is 13.8 Å². The first kappa shape index (κ1) is 15.2. The Hall–Kier alpha value is -1.84. The van der Waals surface area contributed by atoms with Crippen molar-refractivity contribution < 1.29 is 9.59 Å². The fourth-order valence-corrected chi connectivity index (χ4v) is 1.80. The zero-order valence-electron chi connectivity index (χ0n) is 12.3. The number of rotatable bonds is 3. The van der Waals surface area contributed by atoms with Crippen molar-refractivity contribution in [2.24, 2.45) is 0 Å². The van der Waals surface area contributed by atoms with Crippen LogP contribution in [0.15, 0.2) is 18.2 Å². The monoisotopic (exact) mass is 262 g/mol. The van der Waals surface area contributed by atoms with Crippen LogP contribution < -0.4 is 10.6 Å². The average Bonchev–Trinajstić information content (AvgIpc) is 2.20. The number of carbonyl (C=O) groups is 2. The van der Waals surface area contributed by atoms with E-state index in [9.17, 15) is 9.59 Å². The van der Waals surface area contributed by atoms with E-state index >= 15 is 0 Å². The molecule has 0 aromatic heterocycles. The first-order valence-corrected chi connectivity index (χ1v) is 6.36. The second-order valence-corrected chi connectivity index (χ2v) is 5.79. The van der Waals surface area contributed by atoms with E-state index in [1.54, 1.807) is 0 Å². The number of carbonyl (C=O) groups excluding carboxylic acids is 2. The van der Waals surface area contributed by atoms with E-state index in [4.69, 9.17) is 0 Å². The van der Waals surface area contributed by atoms with Crippen molar-refractivity contribution in [1.82, 2.24) is 5.32 Å². The van der Waals surface area contributed by atoms with Gasteiger partial charge in [-0.1, -0.05) is 18.2 Å². The summed E-state index contributed by atoms with van der Waals surface area (Å²) in [4.78, 5) is 23.5. The average molecular weight is 262 g/mol. The van der Waals surface area contributed by atoms with Crippen molar-refractivity contribution >= 4 is 17.5 Å². The van der Waals surface area contributed by atoms with Crippen LogP contribution in [0.3, 0.4) is 0 Å². The normalized spacial score (nSPS) is 11.0. The van der Waals surface area contributed by atoms with Gasteiger partial charge in [0.15, 0.2) is 0 Å². The summed E-state index contributed by atoms with van der Waals surface area (Å²) in [6.45, 7) is 9.51. The number of para-hydroxylation sites is 1.